The third-order valence-electron chi connectivity index (χ3n) is 3.22. The number of nitrogens with zero attached hydrogens (tertiary/aromatic N) is 1. The van der Waals surface area contributed by atoms with E-state index in [4.69, 9.17) is 18.0 Å². The highest BCUT2D eigenvalue weighted by Gasteiger charge is 2.35. The van der Waals surface area contributed by atoms with E-state index in [1.165, 1.54) is 11.3 Å². The minimum atomic E-state index is -0.792. The fraction of sp³-hybridized carbons (Fsp3) is 0.583. The van der Waals surface area contributed by atoms with Crippen molar-refractivity contribution in [1.82, 2.24) is 10.3 Å². The van der Waals surface area contributed by atoms with Crippen LogP contribution in [0.5, 0.6) is 0 Å². The zero-order chi connectivity index (χ0) is 13.8. The van der Waals surface area contributed by atoms with Crippen molar-refractivity contribution in [2.75, 3.05) is 0 Å². The van der Waals surface area contributed by atoms with Crippen molar-refractivity contribution < 1.29 is 4.79 Å². The Bertz CT molecular complexity index is 419. The number of thiazole rings is 1. The van der Waals surface area contributed by atoms with Gasteiger partial charge in [0.15, 0.2) is 0 Å². The Morgan fingerprint density at radius 1 is 1.67 bits per heavy atom. The summed E-state index contributed by atoms with van der Waals surface area (Å²) in [5.74, 6) is -0.125. The molecule has 0 fully saturated rings. The zero-order valence-electron chi connectivity index (χ0n) is 10.9. The molecule has 1 aromatic rings. The first kappa shape index (κ1) is 15.0. The lowest BCUT2D eigenvalue weighted by Crippen LogP contribution is -2.47. The van der Waals surface area contributed by atoms with E-state index in [-0.39, 0.29) is 16.9 Å². The summed E-state index contributed by atoms with van der Waals surface area (Å²) in [5.41, 5.74) is 4.88. The number of amides is 1. The monoisotopic (exact) mass is 285 g/mol. The minimum Gasteiger partial charge on any atom is -0.392 e. The SMILES string of the molecule is CCC(NC(=O)C(C)(CC)C(N)=S)c1nccs1. The molecule has 3 N–H and O–H groups in total. The molecule has 0 saturated carbocycles. The number of thiocarbonyl (C=S) groups is 1. The molecule has 0 aromatic carbocycles. The van der Waals surface area contributed by atoms with Crippen molar-refractivity contribution in [2.24, 2.45) is 11.1 Å². The van der Waals surface area contributed by atoms with Crippen LogP contribution in [-0.2, 0) is 4.79 Å². The summed E-state index contributed by atoms with van der Waals surface area (Å²) in [5, 5.41) is 5.79. The van der Waals surface area contributed by atoms with Crippen LogP contribution in [0.3, 0.4) is 0 Å². The van der Waals surface area contributed by atoms with Gasteiger partial charge in [0.1, 0.15) is 5.01 Å². The molecule has 6 heteroatoms. The van der Waals surface area contributed by atoms with Crippen molar-refractivity contribution in [3.63, 3.8) is 0 Å². The third kappa shape index (κ3) is 3.05. The highest BCUT2D eigenvalue weighted by molar-refractivity contribution is 7.80. The van der Waals surface area contributed by atoms with Crippen molar-refractivity contribution in [3.8, 4) is 0 Å². The first-order chi connectivity index (χ1) is 8.45. The van der Waals surface area contributed by atoms with Crippen molar-refractivity contribution in [3.05, 3.63) is 16.6 Å². The van der Waals surface area contributed by atoms with Gasteiger partial charge in [0.2, 0.25) is 5.91 Å². The molecule has 0 saturated heterocycles. The molecule has 4 nitrogen and oxygen atoms in total. The summed E-state index contributed by atoms with van der Waals surface area (Å²) in [6, 6.07) is -0.0716. The molecule has 1 heterocycles. The topological polar surface area (TPSA) is 68.0 Å². The Morgan fingerprint density at radius 2 is 2.33 bits per heavy atom. The van der Waals surface area contributed by atoms with Gasteiger partial charge in [-0.15, -0.1) is 11.3 Å². The van der Waals surface area contributed by atoms with Crippen molar-refractivity contribution >= 4 is 34.5 Å². The van der Waals surface area contributed by atoms with Crippen LogP contribution in [0.4, 0.5) is 0 Å². The molecule has 0 spiro atoms. The summed E-state index contributed by atoms with van der Waals surface area (Å²) in [6.45, 7) is 5.69. The first-order valence-corrected chi connectivity index (χ1v) is 7.24. The zero-order valence-corrected chi connectivity index (χ0v) is 12.5. The Morgan fingerprint density at radius 3 is 2.72 bits per heavy atom. The fourth-order valence-electron chi connectivity index (χ4n) is 1.51. The van der Waals surface area contributed by atoms with Gasteiger partial charge in [0, 0.05) is 11.6 Å². The van der Waals surface area contributed by atoms with Crippen LogP contribution < -0.4 is 11.1 Å². The third-order valence-corrected chi connectivity index (χ3v) is 4.55. The van der Waals surface area contributed by atoms with Crippen LogP contribution in [0.2, 0.25) is 0 Å². The summed E-state index contributed by atoms with van der Waals surface area (Å²) >= 11 is 6.53. The van der Waals surface area contributed by atoms with Gasteiger partial charge in [-0.3, -0.25) is 4.79 Å². The lowest BCUT2D eigenvalue weighted by atomic mass is 9.86. The lowest BCUT2D eigenvalue weighted by molar-refractivity contribution is -0.127. The molecule has 1 aromatic heterocycles. The summed E-state index contributed by atoms with van der Waals surface area (Å²) in [6.07, 6.45) is 3.11. The van der Waals surface area contributed by atoms with E-state index >= 15 is 0 Å². The Balaban J connectivity index is 2.83. The van der Waals surface area contributed by atoms with Gasteiger partial charge in [0.05, 0.1) is 16.4 Å². The second-order valence-corrected chi connectivity index (χ2v) is 5.72. The minimum absolute atomic E-state index is 0.0716. The Hall–Kier alpha value is -1.01. The molecule has 1 amide bonds. The van der Waals surface area contributed by atoms with Gasteiger partial charge in [-0.25, -0.2) is 4.98 Å². The summed E-state index contributed by atoms with van der Waals surface area (Å²) < 4.78 is 0. The van der Waals surface area contributed by atoms with E-state index in [0.717, 1.165) is 11.4 Å². The van der Waals surface area contributed by atoms with E-state index < -0.39 is 5.41 Å². The van der Waals surface area contributed by atoms with E-state index in [0.29, 0.717) is 6.42 Å². The van der Waals surface area contributed by atoms with Crippen LogP contribution in [0.1, 0.15) is 44.7 Å². The largest absolute Gasteiger partial charge is 0.392 e. The Kier molecular flexibility index (Phi) is 5.22. The molecule has 100 valence electrons. The molecular formula is C12H19N3OS2. The van der Waals surface area contributed by atoms with Crippen molar-refractivity contribution in [2.45, 2.75) is 39.7 Å². The van der Waals surface area contributed by atoms with Gasteiger partial charge < -0.3 is 11.1 Å². The molecular weight excluding hydrogens is 266 g/mol. The number of nitrogens with one attached hydrogen (secondary N) is 1. The van der Waals surface area contributed by atoms with E-state index in [9.17, 15) is 4.79 Å². The van der Waals surface area contributed by atoms with Crippen LogP contribution in [0.15, 0.2) is 11.6 Å². The average molecular weight is 285 g/mol. The van der Waals surface area contributed by atoms with Gasteiger partial charge in [0.25, 0.3) is 0 Å². The van der Waals surface area contributed by atoms with Crippen molar-refractivity contribution in [1.29, 1.82) is 0 Å². The summed E-state index contributed by atoms with van der Waals surface area (Å²) in [4.78, 5) is 16.8. The maximum absolute atomic E-state index is 12.3. The maximum Gasteiger partial charge on any atom is 0.233 e. The van der Waals surface area contributed by atoms with Crippen LogP contribution in [0, 0.1) is 5.41 Å². The second-order valence-electron chi connectivity index (χ2n) is 4.35. The number of hydrogen-bond acceptors (Lipinski definition) is 4. The van der Waals surface area contributed by atoms with E-state index in [2.05, 4.69) is 10.3 Å². The molecule has 0 aliphatic heterocycles. The molecule has 2 unspecified atom stereocenters. The fourth-order valence-corrected chi connectivity index (χ4v) is 2.52. The molecule has 0 bridgehead atoms. The molecule has 0 radical (unpaired) electrons. The lowest BCUT2D eigenvalue weighted by Gasteiger charge is -2.27. The van der Waals surface area contributed by atoms with Crippen LogP contribution in [-0.4, -0.2) is 15.9 Å². The number of carbonyl (C=O) groups excluding carboxylic acids is 1. The Labute approximate surface area is 117 Å². The second kappa shape index (κ2) is 6.24. The summed E-state index contributed by atoms with van der Waals surface area (Å²) in [7, 11) is 0. The van der Waals surface area contributed by atoms with Gasteiger partial charge >= 0.3 is 0 Å². The maximum atomic E-state index is 12.3. The van der Waals surface area contributed by atoms with Crippen LogP contribution >= 0.6 is 23.6 Å². The smallest absolute Gasteiger partial charge is 0.233 e. The number of rotatable bonds is 6. The quantitative estimate of drug-likeness (QED) is 0.788. The molecule has 1 rings (SSSR count). The molecule has 0 aliphatic carbocycles. The standard InChI is InChI=1S/C12H19N3OS2/c1-4-8(9-14-6-7-18-9)15-11(16)12(3,5-2)10(13)17/h6-8H,4-5H2,1-3H3,(H2,13,17)(H,15,16). The number of carbonyl (C=O) groups is 1. The average Bonchev–Trinajstić information content (AvgIpc) is 2.87. The molecule has 18 heavy (non-hydrogen) atoms. The number of aromatic nitrogens is 1. The van der Waals surface area contributed by atoms with Gasteiger partial charge in [-0.1, -0.05) is 26.1 Å². The number of nitrogens with two attached hydrogens (primary N) is 1. The number of hydrogen-bond donors (Lipinski definition) is 2. The predicted octanol–water partition coefficient (Wildman–Crippen LogP) is 2.41. The van der Waals surface area contributed by atoms with E-state index in [1.54, 1.807) is 13.1 Å². The van der Waals surface area contributed by atoms with Gasteiger partial charge in [-0.05, 0) is 19.8 Å². The van der Waals surface area contributed by atoms with E-state index in [1.807, 2.05) is 19.2 Å². The normalized spacial score (nSPS) is 15.7. The van der Waals surface area contributed by atoms with Gasteiger partial charge in [-0.2, -0.15) is 0 Å². The molecule has 2 atom stereocenters. The molecule has 0 aliphatic rings. The highest BCUT2D eigenvalue weighted by atomic mass is 32.1. The van der Waals surface area contributed by atoms with Crippen LogP contribution in [0.25, 0.3) is 0 Å². The predicted molar refractivity (Wildman–Crippen MR) is 78.5 cm³/mol. The highest BCUT2D eigenvalue weighted by Crippen LogP contribution is 2.25. The first-order valence-electron chi connectivity index (χ1n) is 5.96.